The topological polar surface area (TPSA) is 72.2 Å². The Hall–Kier alpha value is -2.50. The van der Waals surface area contributed by atoms with Crippen LogP contribution in [-0.4, -0.2) is 26.4 Å². The maximum absolute atomic E-state index is 11.2. The minimum atomic E-state index is -0.0320. The molecular weight excluding hydrogens is 242 g/mol. The van der Waals surface area contributed by atoms with Crippen LogP contribution in [0.25, 0.3) is 5.69 Å². The van der Waals surface area contributed by atoms with E-state index in [1.165, 1.54) is 6.33 Å². The summed E-state index contributed by atoms with van der Waals surface area (Å²) >= 11 is 0. The summed E-state index contributed by atoms with van der Waals surface area (Å²) in [4.78, 5) is 15.1. The standard InChI is InChI=1S/C13H13N5O/c1-9-6-12(19)16-17-13(9)10-2-4-11(5-3-10)18-8-14-7-15-18/h2-5,7-9H,6H2,1H3,(H,16,19). The summed E-state index contributed by atoms with van der Waals surface area (Å²) < 4.78 is 1.69. The van der Waals surface area contributed by atoms with Gasteiger partial charge in [-0.2, -0.15) is 10.2 Å². The molecule has 1 atom stereocenters. The van der Waals surface area contributed by atoms with Gasteiger partial charge >= 0.3 is 0 Å². The number of aromatic nitrogens is 3. The van der Waals surface area contributed by atoms with Crippen molar-refractivity contribution in [2.75, 3.05) is 0 Å². The summed E-state index contributed by atoms with van der Waals surface area (Å²) in [5.74, 6) is 0.0986. The van der Waals surface area contributed by atoms with Crippen molar-refractivity contribution in [1.29, 1.82) is 0 Å². The first-order valence-corrected chi connectivity index (χ1v) is 6.06. The fraction of sp³-hybridized carbons (Fsp3) is 0.231. The predicted octanol–water partition coefficient (Wildman–Crippen LogP) is 1.13. The fourth-order valence-corrected chi connectivity index (χ4v) is 2.13. The number of hydrogen-bond donors (Lipinski definition) is 1. The van der Waals surface area contributed by atoms with E-state index in [2.05, 4.69) is 20.6 Å². The molecule has 0 fully saturated rings. The third kappa shape index (κ3) is 2.24. The summed E-state index contributed by atoms with van der Waals surface area (Å²) in [6.45, 7) is 2.00. The molecule has 0 saturated heterocycles. The van der Waals surface area contributed by atoms with E-state index in [0.717, 1.165) is 17.0 Å². The fourth-order valence-electron chi connectivity index (χ4n) is 2.13. The molecule has 1 amide bonds. The zero-order chi connectivity index (χ0) is 13.2. The molecule has 1 unspecified atom stereocenters. The molecule has 1 N–H and O–H groups in total. The summed E-state index contributed by atoms with van der Waals surface area (Å²) in [6.07, 6.45) is 3.62. The first-order valence-electron chi connectivity index (χ1n) is 6.06. The van der Waals surface area contributed by atoms with Crippen molar-refractivity contribution >= 4 is 11.6 Å². The number of benzene rings is 1. The van der Waals surface area contributed by atoms with Crippen molar-refractivity contribution in [1.82, 2.24) is 20.2 Å². The molecule has 1 aromatic carbocycles. The number of rotatable bonds is 2. The number of carbonyl (C=O) groups excluding carboxylic acids is 1. The van der Waals surface area contributed by atoms with Gasteiger partial charge in [0.2, 0.25) is 5.91 Å². The Bertz CT molecular complexity index is 615. The molecular formula is C13H13N5O. The number of hydrogen-bond acceptors (Lipinski definition) is 4. The van der Waals surface area contributed by atoms with Crippen LogP contribution in [0.15, 0.2) is 42.0 Å². The van der Waals surface area contributed by atoms with E-state index in [0.29, 0.717) is 6.42 Å². The van der Waals surface area contributed by atoms with Gasteiger partial charge in [0.15, 0.2) is 0 Å². The average Bonchev–Trinajstić information content (AvgIpc) is 2.93. The molecule has 0 bridgehead atoms. The van der Waals surface area contributed by atoms with Crippen LogP contribution < -0.4 is 5.43 Å². The van der Waals surface area contributed by atoms with Crippen LogP contribution in [0, 0.1) is 5.92 Å². The smallest absolute Gasteiger partial charge is 0.240 e. The van der Waals surface area contributed by atoms with Gasteiger partial charge in [-0.3, -0.25) is 4.79 Å². The van der Waals surface area contributed by atoms with Crippen LogP contribution in [-0.2, 0) is 4.79 Å². The summed E-state index contributed by atoms with van der Waals surface area (Å²) in [5.41, 5.74) is 5.38. The van der Waals surface area contributed by atoms with E-state index in [1.54, 1.807) is 11.0 Å². The van der Waals surface area contributed by atoms with Gasteiger partial charge in [0.25, 0.3) is 0 Å². The lowest BCUT2D eigenvalue weighted by molar-refractivity contribution is -0.121. The van der Waals surface area contributed by atoms with E-state index in [-0.39, 0.29) is 11.8 Å². The van der Waals surface area contributed by atoms with Gasteiger partial charge in [-0.15, -0.1) is 0 Å². The minimum absolute atomic E-state index is 0.0320. The van der Waals surface area contributed by atoms with Crippen LogP contribution in [0.4, 0.5) is 0 Å². The molecule has 1 aromatic heterocycles. The Morgan fingerprint density at radius 3 is 2.74 bits per heavy atom. The highest BCUT2D eigenvalue weighted by Gasteiger charge is 2.21. The molecule has 2 aromatic rings. The summed E-state index contributed by atoms with van der Waals surface area (Å²) in [5, 5.41) is 8.21. The SMILES string of the molecule is CC1CC(=O)NN=C1c1ccc(-n2cncn2)cc1. The summed E-state index contributed by atoms with van der Waals surface area (Å²) in [7, 11) is 0. The number of carbonyl (C=O) groups is 1. The molecule has 96 valence electrons. The number of hydrazone groups is 1. The van der Waals surface area contributed by atoms with Gasteiger partial charge in [0.1, 0.15) is 12.7 Å². The minimum Gasteiger partial charge on any atom is -0.273 e. The molecule has 6 heteroatoms. The molecule has 1 aliphatic heterocycles. The van der Waals surface area contributed by atoms with E-state index in [1.807, 2.05) is 31.2 Å². The van der Waals surface area contributed by atoms with E-state index < -0.39 is 0 Å². The first kappa shape index (κ1) is 11.6. The Balaban J connectivity index is 1.89. The van der Waals surface area contributed by atoms with Crippen LogP contribution in [0.2, 0.25) is 0 Å². The van der Waals surface area contributed by atoms with Crippen molar-refractivity contribution in [3.05, 3.63) is 42.5 Å². The normalized spacial score (nSPS) is 18.9. The van der Waals surface area contributed by atoms with Crippen molar-refractivity contribution < 1.29 is 4.79 Å². The zero-order valence-electron chi connectivity index (χ0n) is 10.4. The zero-order valence-corrected chi connectivity index (χ0v) is 10.4. The molecule has 19 heavy (non-hydrogen) atoms. The Kier molecular flexibility index (Phi) is 2.83. The van der Waals surface area contributed by atoms with Crippen molar-refractivity contribution in [3.63, 3.8) is 0 Å². The van der Waals surface area contributed by atoms with Crippen molar-refractivity contribution in [3.8, 4) is 5.69 Å². The molecule has 0 radical (unpaired) electrons. The van der Waals surface area contributed by atoms with Crippen molar-refractivity contribution in [2.24, 2.45) is 11.0 Å². The Labute approximate surface area is 110 Å². The predicted molar refractivity (Wildman–Crippen MR) is 69.8 cm³/mol. The van der Waals surface area contributed by atoms with E-state index in [9.17, 15) is 4.79 Å². The van der Waals surface area contributed by atoms with E-state index >= 15 is 0 Å². The van der Waals surface area contributed by atoms with Crippen LogP contribution in [0.5, 0.6) is 0 Å². The monoisotopic (exact) mass is 255 g/mol. The Morgan fingerprint density at radius 2 is 2.11 bits per heavy atom. The molecule has 3 rings (SSSR count). The molecule has 1 aliphatic rings. The molecule has 0 saturated carbocycles. The van der Waals surface area contributed by atoms with Crippen LogP contribution in [0.1, 0.15) is 18.9 Å². The maximum atomic E-state index is 11.2. The number of nitrogens with zero attached hydrogens (tertiary/aromatic N) is 4. The van der Waals surface area contributed by atoms with Crippen LogP contribution >= 0.6 is 0 Å². The quantitative estimate of drug-likeness (QED) is 0.874. The van der Waals surface area contributed by atoms with E-state index in [4.69, 9.17) is 0 Å². The average molecular weight is 255 g/mol. The van der Waals surface area contributed by atoms with Crippen LogP contribution in [0.3, 0.4) is 0 Å². The second-order valence-corrected chi connectivity index (χ2v) is 4.52. The highest BCUT2D eigenvalue weighted by molar-refractivity contribution is 6.05. The highest BCUT2D eigenvalue weighted by atomic mass is 16.2. The second kappa shape index (κ2) is 4.64. The highest BCUT2D eigenvalue weighted by Crippen LogP contribution is 2.17. The third-order valence-electron chi connectivity index (χ3n) is 3.11. The van der Waals surface area contributed by atoms with Gasteiger partial charge in [0.05, 0.1) is 11.4 Å². The number of amides is 1. The molecule has 0 aliphatic carbocycles. The van der Waals surface area contributed by atoms with Gasteiger partial charge < -0.3 is 0 Å². The lowest BCUT2D eigenvalue weighted by Gasteiger charge is -2.19. The van der Waals surface area contributed by atoms with Crippen molar-refractivity contribution in [2.45, 2.75) is 13.3 Å². The third-order valence-corrected chi connectivity index (χ3v) is 3.11. The van der Waals surface area contributed by atoms with Gasteiger partial charge in [0, 0.05) is 12.3 Å². The molecule has 2 heterocycles. The lowest BCUT2D eigenvalue weighted by Crippen LogP contribution is -2.31. The number of nitrogens with one attached hydrogen (secondary N) is 1. The Morgan fingerprint density at radius 1 is 1.32 bits per heavy atom. The van der Waals surface area contributed by atoms with Gasteiger partial charge in [-0.05, 0) is 17.7 Å². The largest absolute Gasteiger partial charge is 0.273 e. The maximum Gasteiger partial charge on any atom is 0.240 e. The first-order chi connectivity index (χ1) is 9.24. The lowest BCUT2D eigenvalue weighted by atomic mass is 9.94. The molecule has 0 spiro atoms. The summed E-state index contributed by atoms with van der Waals surface area (Å²) in [6, 6.07) is 7.86. The second-order valence-electron chi connectivity index (χ2n) is 4.52. The van der Waals surface area contributed by atoms with Gasteiger partial charge in [-0.25, -0.2) is 15.1 Å². The van der Waals surface area contributed by atoms with Gasteiger partial charge in [-0.1, -0.05) is 19.1 Å². The molecule has 6 nitrogen and oxygen atoms in total.